The van der Waals surface area contributed by atoms with Crippen molar-refractivity contribution in [1.82, 2.24) is 9.78 Å². The van der Waals surface area contributed by atoms with Gasteiger partial charge in [-0.15, -0.1) is 0 Å². The summed E-state index contributed by atoms with van der Waals surface area (Å²) in [4.78, 5) is 0. The number of ether oxygens (including phenoxy) is 1. The second kappa shape index (κ2) is 4.67. The van der Waals surface area contributed by atoms with Crippen molar-refractivity contribution in [1.29, 1.82) is 0 Å². The third kappa shape index (κ3) is 2.71. The maximum absolute atomic E-state index is 5.84. The van der Waals surface area contributed by atoms with Gasteiger partial charge in [0, 0.05) is 12.3 Å². The van der Waals surface area contributed by atoms with Gasteiger partial charge in [-0.05, 0) is 26.0 Å². The molecule has 0 spiro atoms. The molecule has 1 aromatic heterocycles. The molecule has 0 radical (unpaired) electrons. The van der Waals surface area contributed by atoms with Gasteiger partial charge in [-0.1, -0.05) is 11.6 Å². The smallest absolute Gasteiger partial charge is 0.144 e. The third-order valence-corrected chi connectivity index (χ3v) is 2.37. The number of hydrogen-bond acceptors (Lipinski definition) is 3. The van der Waals surface area contributed by atoms with Crippen LogP contribution < -0.4 is 10.5 Å². The first-order valence-electron chi connectivity index (χ1n) is 5.33. The van der Waals surface area contributed by atoms with E-state index in [9.17, 15) is 0 Å². The molecule has 5 heteroatoms. The Hall–Kier alpha value is -1.68. The molecule has 2 aromatic rings. The third-order valence-electron chi connectivity index (χ3n) is 2.18. The van der Waals surface area contributed by atoms with Gasteiger partial charge in [-0.2, -0.15) is 5.10 Å². The summed E-state index contributed by atoms with van der Waals surface area (Å²) in [5, 5.41) is 4.72. The van der Waals surface area contributed by atoms with Gasteiger partial charge in [0.05, 0.1) is 28.7 Å². The van der Waals surface area contributed by atoms with Gasteiger partial charge in [0.15, 0.2) is 0 Å². The first-order chi connectivity index (χ1) is 8.06. The van der Waals surface area contributed by atoms with Crippen molar-refractivity contribution in [3.63, 3.8) is 0 Å². The van der Waals surface area contributed by atoms with E-state index in [0.717, 1.165) is 5.69 Å². The van der Waals surface area contributed by atoms with Gasteiger partial charge in [0.1, 0.15) is 5.75 Å². The molecule has 1 aromatic carbocycles. The number of anilines is 1. The summed E-state index contributed by atoms with van der Waals surface area (Å²) in [5.74, 6) is 0.657. The Morgan fingerprint density at radius 2 is 2.18 bits per heavy atom. The zero-order chi connectivity index (χ0) is 12.4. The Morgan fingerprint density at radius 1 is 1.41 bits per heavy atom. The van der Waals surface area contributed by atoms with E-state index in [-0.39, 0.29) is 6.10 Å². The van der Waals surface area contributed by atoms with E-state index in [0.29, 0.717) is 16.5 Å². The number of hydrogen-bond donors (Lipinski definition) is 1. The fourth-order valence-electron chi connectivity index (χ4n) is 1.46. The minimum absolute atomic E-state index is 0.0776. The van der Waals surface area contributed by atoms with Gasteiger partial charge in [-0.25, -0.2) is 4.68 Å². The van der Waals surface area contributed by atoms with Crippen molar-refractivity contribution in [2.24, 2.45) is 0 Å². The van der Waals surface area contributed by atoms with E-state index in [1.165, 1.54) is 0 Å². The van der Waals surface area contributed by atoms with Crippen LogP contribution in [0.25, 0.3) is 5.69 Å². The fourth-order valence-corrected chi connectivity index (χ4v) is 1.60. The summed E-state index contributed by atoms with van der Waals surface area (Å²) in [5.41, 5.74) is 7.31. The molecule has 1 heterocycles. The molecule has 0 saturated heterocycles. The quantitative estimate of drug-likeness (QED) is 0.854. The number of rotatable bonds is 3. The highest BCUT2D eigenvalue weighted by Gasteiger charge is 2.06. The molecule has 0 fully saturated rings. The maximum atomic E-state index is 5.84. The molecule has 0 aliphatic rings. The van der Waals surface area contributed by atoms with Crippen molar-refractivity contribution in [2.45, 2.75) is 20.0 Å². The van der Waals surface area contributed by atoms with Crippen LogP contribution in [0.4, 0.5) is 5.69 Å². The van der Waals surface area contributed by atoms with Gasteiger partial charge in [-0.3, -0.25) is 0 Å². The lowest BCUT2D eigenvalue weighted by Gasteiger charge is -2.13. The van der Waals surface area contributed by atoms with Crippen LogP contribution >= 0.6 is 11.6 Å². The lowest BCUT2D eigenvalue weighted by molar-refractivity contribution is 0.244. The number of benzene rings is 1. The lowest BCUT2D eigenvalue weighted by atomic mass is 10.2. The minimum Gasteiger partial charge on any atom is -0.489 e. The second-order valence-corrected chi connectivity index (χ2v) is 4.43. The predicted octanol–water partition coefficient (Wildman–Crippen LogP) is 2.90. The minimum atomic E-state index is 0.0776. The Bertz CT molecular complexity index is 522. The molecule has 2 rings (SSSR count). The molecular weight excluding hydrogens is 238 g/mol. The molecular formula is C12H14ClN3O. The highest BCUT2D eigenvalue weighted by atomic mass is 35.5. The summed E-state index contributed by atoms with van der Waals surface area (Å²) in [7, 11) is 0. The van der Waals surface area contributed by atoms with Crippen LogP contribution in [-0.4, -0.2) is 15.9 Å². The molecule has 2 N–H and O–H groups in total. The van der Waals surface area contributed by atoms with Gasteiger partial charge in [0.2, 0.25) is 0 Å². The first kappa shape index (κ1) is 11.8. The fraction of sp³-hybridized carbons (Fsp3) is 0.250. The Morgan fingerprint density at radius 3 is 2.76 bits per heavy atom. The van der Waals surface area contributed by atoms with E-state index >= 15 is 0 Å². The number of nitrogens with zero attached hydrogens (tertiary/aromatic N) is 2. The monoisotopic (exact) mass is 251 g/mol. The summed E-state index contributed by atoms with van der Waals surface area (Å²) in [6.45, 7) is 3.91. The number of nitrogens with two attached hydrogens (primary N) is 1. The SMILES string of the molecule is CC(C)Oc1cc(-n2cc(Cl)cn2)ccc1N. The van der Waals surface area contributed by atoms with Crippen LogP contribution in [-0.2, 0) is 0 Å². The van der Waals surface area contributed by atoms with Crippen molar-refractivity contribution in [2.75, 3.05) is 5.73 Å². The van der Waals surface area contributed by atoms with Crippen LogP contribution in [0.1, 0.15) is 13.8 Å². The molecule has 4 nitrogen and oxygen atoms in total. The van der Waals surface area contributed by atoms with Crippen molar-refractivity contribution in [3.8, 4) is 11.4 Å². The average Bonchev–Trinajstić information content (AvgIpc) is 2.67. The highest BCUT2D eigenvalue weighted by molar-refractivity contribution is 6.30. The van der Waals surface area contributed by atoms with E-state index in [4.69, 9.17) is 22.1 Å². The average molecular weight is 252 g/mol. The van der Waals surface area contributed by atoms with Crippen LogP contribution in [0.5, 0.6) is 5.75 Å². The zero-order valence-corrected chi connectivity index (χ0v) is 10.5. The summed E-state index contributed by atoms with van der Waals surface area (Å²) < 4.78 is 7.29. The van der Waals surface area contributed by atoms with Crippen LogP contribution in [0.15, 0.2) is 30.6 Å². The standard InChI is InChI=1S/C12H14ClN3O/c1-8(2)17-12-5-10(3-4-11(12)14)16-7-9(13)6-15-16/h3-8H,14H2,1-2H3. The number of halogens is 1. The Balaban J connectivity index is 2.36. The molecule has 0 unspecified atom stereocenters. The van der Waals surface area contributed by atoms with Gasteiger partial charge < -0.3 is 10.5 Å². The van der Waals surface area contributed by atoms with Gasteiger partial charge in [0.25, 0.3) is 0 Å². The molecule has 17 heavy (non-hydrogen) atoms. The van der Waals surface area contributed by atoms with Crippen molar-refractivity contribution < 1.29 is 4.74 Å². The highest BCUT2D eigenvalue weighted by Crippen LogP contribution is 2.26. The number of aromatic nitrogens is 2. The summed E-state index contributed by atoms with van der Waals surface area (Å²) in [6.07, 6.45) is 3.39. The molecule has 0 aliphatic heterocycles. The maximum Gasteiger partial charge on any atom is 0.144 e. The molecule has 0 aliphatic carbocycles. The first-order valence-corrected chi connectivity index (χ1v) is 5.71. The summed E-state index contributed by atoms with van der Waals surface area (Å²) >= 11 is 5.83. The Labute approximate surface area is 105 Å². The zero-order valence-electron chi connectivity index (χ0n) is 9.72. The van der Waals surface area contributed by atoms with Crippen LogP contribution in [0.2, 0.25) is 5.02 Å². The Kier molecular flexibility index (Phi) is 3.24. The molecule has 0 amide bonds. The van der Waals surface area contributed by atoms with Crippen LogP contribution in [0.3, 0.4) is 0 Å². The normalized spacial score (nSPS) is 10.8. The van der Waals surface area contributed by atoms with E-state index in [2.05, 4.69) is 5.10 Å². The topological polar surface area (TPSA) is 53.1 Å². The second-order valence-electron chi connectivity index (χ2n) is 3.99. The molecule has 0 atom stereocenters. The largest absolute Gasteiger partial charge is 0.489 e. The predicted molar refractivity (Wildman–Crippen MR) is 68.8 cm³/mol. The van der Waals surface area contributed by atoms with E-state index < -0.39 is 0 Å². The molecule has 90 valence electrons. The van der Waals surface area contributed by atoms with E-state index in [1.54, 1.807) is 23.1 Å². The molecule has 0 saturated carbocycles. The van der Waals surface area contributed by atoms with Crippen molar-refractivity contribution in [3.05, 3.63) is 35.6 Å². The van der Waals surface area contributed by atoms with Gasteiger partial charge >= 0.3 is 0 Å². The number of nitrogen functional groups attached to an aromatic ring is 1. The summed E-state index contributed by atoms with van der Waals surface area (Å²) in [6, 6.07) is 5.51. The molecule has 0 bridgehead atoms. The van der Waals surface area contributed by atoms with E-state index in [1.807, 2.05) is 26.0 Å². The lowest BCUT2D eigenvalue weighted by Crippen LogP contribution is -2.08. The van der Waals surface area contributed by atoms with Crippen molar-refractivity contribution >= 4 is 17.3 Å². The van der Waals surface area contributed by atoms with Crippen LogP contribution in [0, 0.1) is 0 Å².